The van der Waals surface area contributed by atoms with E-state index < -0.39 is 10.1 Å². The van der Waals surface area contributed by atoms with Crippen LogP contribution < -0.4 is 5.73 Å². The van der Waals surface area contributed by atoms with Gasteiger partial charge in [0.2, 0.25) is 0 Å². The molecule has 4 nitrogen and oxygen atoms in total. The van der Waals surface area contributed by atoms with Gasteiger partial charge in [0.05, 0.1) is 6.26 Å². The van der Waals surface area contributed by atoms with Gasteiger partial charge in [-0.2, -0.15) is 8.42 Å². The maximum atomic E-state index is 9.19. The molecule has 0 radical (unpaired) electrons. The summed E-state index contributed by atoms with van der Waals surface area (Å²) < 4.78 is 25.9. The summed E-state index contributed by atoms with van der Waals surface area (Å²) in [6.45, 7) is 16.4. The molecule has 0 saturated carbocycles. The summed E-state index contributed by atoms with van der Waals surface area (Å²) in [5.41, 5.74) is 8.72. The molecule has 0 amide bonds. The first-order chi connectivity index (χ1) is 12.5. The zero-order chi connectivity index (χ0) is 22.2. The van der Waals surface area contributed by atoms with Crippen molar-refractivity contribution in [1.82, 2.24) is 0 Å². The van der Waals surface area contributed by atoms with E-state index >= 15 is 0 Å². The van der Waals surface area contributed by atoms with Gasteiger partial charge < -0.3 is 5.73 Å². The van der Waals surface area contributed by atoms with E-state index in [0.717, 1.165) is 16.8 Å². The Balaban J connectivity index is 0. The van der Waals surface area contributed by atoms with Gasteiger partial charge in [-0.05, 0) is 28.7 Å². The number of para-hydroxylation sites is 1. The predicted molar refractivity (Wildman–Crippen MR) is 125 cm³/mol. The van der Waals surface area contributed by atoms with Gasteiger partial charge in [0.15, 0.2) is 0 Å². The molecular formula is C22H35NO3PPdS-. The molecule has 29 heavy (non-hydrogen) atoms. The smallest absolute Gasteiger partial charge is 0.261 e. The fraction of sp³-hybridized carbons (Fsp3) is 0.455. The number of anilines is 1. The second-order valence-electron chi connectivity index (χ2n) is 8.50. The Labute approximate surface area is 192 Å². The molecular weight excluding hydrogens is 496 g/mol. The van der Waals surface area contributed by atoms with Crippen molar-refractivity contribution in [3.63, 3.8) is 0 Å². The van der Waals surface area contributed by atoms with Gasteiger partial charge in [-0.25, -0.2) is 0 Å². The molecule has 0 heterocycles. The topological polar surface area (TPSA) is 80.4 Å². The minimum absolute atomic E-state index is 0. The van der Waals surface area contributed by atoms with Crippen molar-refractivity contribution >= 4 is 23.7 Å². The zero-order valence-corrected chi connectivity index (χ0v) is 21.9. The molecule has 0 aromatic heterocycles. The molecule has 0 saturated heterocycles. The summed E-state index contributed by atoms with van der Waals surface area (Å²) in [5.74, 6) is 0. The van der Waals surface area contributed by atoms with Crippen LogP contribution in [0.1, 0.15) is 41.5 Å². The minimum atomic E-state index is -3.67. The SMILES string of the molecule is CP(C(C)(C)C)C(C)(C)C.CS(=O)(=O)O.Nc1ccccc1-c1[c-]cccc1.[Pd]. The third-order valence-electron chi connectivity index (χ3n) is 3.97. The molecule has 0 atom stereocenters. The number of benzene rings is 2. The molecule has 0 unspecified atom stereocenters. The second kappa shape index (κ2) is 12.8. The molecule has 0 fully saturated rings. The van der Waals surface area contributed by atoms with Crippen molar-refractivity contribution in [3.8, 4) is 11.1 Å². The normalized spacial score (nSPS) is 11.4. The number of rotatable bonds is 1. The first-order valence-electron chi connectivity index (χ1n) is 9.01. The van der Waals surface area contributed by atoms with Gasteiger partial charge in [0, 0.05) is 20.4 Å². The van der Waals surface area contributed by atoms with E-state index in [1.165, 1.54) is 0 Å². The Morgan fingerprint density at radius 2 is 1.34 bits per heavy atom. The summed E-state index contributed by atoms with van der Waals surface area (Å²) in [7, 11) is -3.53. The van der Waals surface area contributed by atoms with Crippen molar-refractivity contribution in [1.29, 1.82) is 0 Å². The Morgan fingerprint density at radius 1 is 0.931 bits per heavy atom. The first kappa shape index (κ1) is 30.4. The molecule has 7 heteroatoms. The van der Waals surface area contributed by atoms with Crippen LogP contribution in [0.3, 0.4) is 0 Å². The summed E-state index contributed by atoms with van der Waals surface area (Å²) in [5, 5.41) is 1.02. The van der Waals surface area contributed by atoms with E-state index in [-0.39, 0.29) is 28.3 Å². The maximum absolute atomic E-state index is 9.19. The molecule has 0 aliphatic heterocycles. The quantitative estimate of drug-likeness (QED) is 0.157. The predicted octanol–water partition coefficient (Wildman–Crippen LogP) is 5.93. The van der Waals surface area contributed by atoms with Crippen LogP contribution in [-0.4, -0.2) is 36.2 Å². The molecule has 168 valence electrons. The Kier molecular flexibility index (Phi) is 13.5. The van der Waals surface area contributed by atoms with Crippen LogP contribution in [0.5, 0.6) is 0 Å². The average molecular weight is 531 g/mol. The Hall–Kier alpha value is -0.758. The summed E-state index contributed by atoms with van der Waals surface area (Å²) in [4.78, 5) is 0. The van der Waals surface area contributed by atoms with Crippen LogP contribution in [0, 0.1) is 6.07 Å². The van der Waals surface area contributed by atoms with Crippen LogP contribution in [-0.2, 0) is 30.5 Å². The summed E-state index contributed by atoms with van der Waals surface area (Å²) in [6, 6.07) is 18.8. The number of hydrogen-bond donors (Lipinski definition) is 2. The second-order valence-corrected chi connectivity index (χ2v) is 13.8. The van der Waals surface area contributed by atoms with Crippen LogP contribution >= 0.6 is 7.92 Å². The Bertz CT molecular complexity index is 792. The van der Waals surface area contributed by atoms with E-state index in [0.29, 0.717) is 16.6 Å². The Morgan fingerprint density at radius 3 is 1.66 bits per heavy atom. The number of nitrogens with two attached hydrogens (primary N) is 1. The number of nitrogen functional groups attached to an aromatic ring is 1. The third-order valence-corrected chi connectivity index (χ3v) is 8.00. The maximum Gasteiger partial charge on any atom is 0.261 e. The van der Waals surface area contributed by atoms with Crippen molar-refractivity contribution < 1.29 is 33.4 Å². The van der Waals surface area contributed by atoms with Crippen molar-refractivity contribution in [3.05, 3.63) is 54.6 Å². The van der Waals surface area contributed by atoms with Gasteiger partial charge in [-0.1, -0.05) is 73.2 Å². The number of hydrogen-bond acceptors (Lipinski definition) is 3. The van der Waals surface area contributed by atoms with E-state index in [1.807, 2.05) is 48.5 Å². The average Bonchev–Trinajstić information content (AvgIpc) is 2.53. The molecule has 0 aliphatic carbocycles. The molecule has 0 bridgehead atoms. The molecule has 2 aromatic rings. The standard InChI is InChI=1S/C12H10N.C9H21P.CH4O3S.Pd/c13-12-9-5-4-8-11(12)10-6-2-1-3-7-10;1-8(2,3)10(7)9(4,5)6;1-5(2,3)4;/h1-6,8-9H,13H2;1-7H3;1H3,(H,2,3,4);/q-1;;;. The van der Waals surface area contributed by atoms with Gasteiger partial charge in [0.1, 0.15) is 0 Å². The van der Waals surface area contributed by atoms with Gasteiger partial charge in [-0.15, -0.1) is 35.9 Å². The van der Waals surface area contributed by atoms with Crippen LogP contribution in [0.15, 0.2) is 48.5 Å². The molecule has 0 aliphatic rings. The zero-order valence-electron chi connectivity index (χ0n) is 18.6. The van der Waals surface area contributed by atoms with Crippen molar-refractivity contribution in [2.75, 3.05) is 18.7 Å². The molecule has 0 spiro atoms. The van der Waals surface area contributed by atoms with E-state index in [4.69, 9.17) is 10.3 Å². The van der Waals surface area contributed by atoms with E-state index in [9.17, 15) is 8.42 Å². The molecule has 2 aromatic carbocycles. The van der Waals surface area contributed by atoms with Crippen molar-refractivity contribution in [2.24, 2.45) is 0 Å². The first-order valence-corrected chi connectivity index (χ1v) is 12.6. The summed E-state index contributed by atoms with van der Waals surface area (Å²) in [6.07, 6.45) is 0.715. The minimum Gasteiger partial charge on any atom is -0.406 e. The molecule has 3 N–H and O–H groups in total. The fourth-order valence-corrected chi connectivity index (χ4v) is 4.32. The third kappa shape index (κ3) is 14.8. The van der Waals surface area contributed by atoms with E-state index in [1.54, 1.807) is 0 Å². The van der Waals surface area contributed by atoms with Gasteiger partial charge >= 0.3 is 0 Å². The summed E-state index contributed by atoms with van der Waals surface area (Å²) >= 11 is 0. The fourth-order valence-electron chi connectivity index (χ4n) is 2.31. The largest absolute Gasteiger partial charge is 0.406 e. The monoisotopic (exact) mass is 530 g/mol. The van der Waals surface area contributed by atoms with Crippen LogP contribution in [0.25, 0.3) is 11.1 Å². The van der Waals surface area contributed by atoms with Crippen LogP contribution in [0.2, 0.25) is 0 Å². The van der Waals surface area contributed by atoms with Crippen LogP contribution in [0.4, 0.5) is 5.69 Å². The van der Waals surface area contributed by atoms with E-state index in [2.05, 4.69) is 54.3 Å². The van der Waals surface area contributed by atoms with Gasteiger partial charge in [-0.3, -0.25) is 4.55 Å². The van der Waals surface area contributed by atoms with Crippen molar-refractivity contribution in [2.45, 2.75) is 51.9 Å². The molecule has 2 rings (SSSR count). The van der Waals surface area contributed by atoms with Gasteiger partial charge in [0.25, 0.3) is 10.1 Å².